The van der Waals surface area contributed by atoms with Crippen LogP contribution in [0.1, 0.15) is 24.1 Å². The molecule has 3 aromatic rings. The summed E-state index contributed by atoms with van der Waals surface area (Å²) >= 11 is 0. The first kappa shape index (κ1) is 14.7. The van der Waals surface area contributed by atoms with Crippen LogP contribution < -0.4 is 9.80 Å². The number of hydrogen-bond acceptors (Lipinski definition) is 5. The molecule has 6 nitrogen and oxygen atoms in total. The zero-order valence-corrected chi connectivity index (χ0v) is 14.3. The third-order valence-electron chi connectivity index (χ3n) is 5.32. The summed E-state index contributed by atoms with van der Waals surface area (Å²) in [6.45, 7) is 3.99. The number of para-hydroxylation sites is 2. The number of aromatic nitrogens is 4. The molecule has 0 spiro atoms. The summed E-state index contributed by atoms with van der Waals surface area (Å²) < 4.78 is 0. The first-order valence-corrected chi connectivity index (χ1v) is 9.16. The minimum Gasteiger partial charge on any atom is -0.354 e. The van der Waals surface area contributed by atoms with E-state index in [1.54, 1.807) is 6.33 Å². The number of aryl methyl sites for hydroxylation is 1. The maximum absolute atomic E-state index is 4.76. The van der Waals surface area contributed by atoms with Gasteiger partial charge in [0.25, 0.3) is 0 Å². The highest BCUT2D eigenvalue weighted by Gasteiger charge is 2.24. The van der Waals surface area contributed by atoms with E-state index in [1.165, 1.54) is 17.7 Å². The number of rotatable bonds is 2. The standard InChI is InChI=1S/C19H22N6/c1-2-7-17-16(6-1)22-19(23-17)25-10-4-9-24(11-12-25)18-14-5-3-8-15(14)20-13-21-18/h1-2,6-7,13H,3-5,8-12H2,(H,22,23). The predicted octanol–water partition coefficient (Wildman–Crippen LogP) is 2.56. The lowest BCUT2D eigenvalue weighted by Crippen LogP contribution is -2.32. The first-order chi connectivity index (χ1) is 12.4. The summed E-state index contributed by atoms with van der Waals surface area (Å²) in [4.78, 5) is 22.1. The Morgan fingerprint density at radius 2 is 1.76 bits per heavy atom. The van der Waals surface area contributed by atoms with Crippen molar-refractivity contribution < 1.29 is 0 Å². The van der Waals surface area contributed by atoms with Crippen molar-refractivity contribution in [3.63, 3.8) is 0 Å². The fraction of sp³-hybridized carbons (Fsp3) is 0.421. The van der Waals surface area contributed by atoms with Crippen molar-refractivity contribution in [1.82, 2.24) is 19.9 Å². The highest BCUT2D eigenvalue weighted by molar-refractivity contribution is 5.77. The molecule has 1 saturated heterocycles. The van der Waals surface area contributed by atoms with E-state index in [9.17, 15) is 0 Å². The van der Waals surface area contributed by atoms with E-state index in [4.69, 9.17) is 4.98 Å². The van der Waals surface area contributed by atoms with Gasteiger partial charge in [0, 0.05) is 37.4 Å². The fourth-order valence-corrected chi connectivity index (χ4v) is 4.04. The molecule has 1 aliphatic heterocycles. The fourth-order valence-electron chi connectivity index (χ4n) is 4.04. The number of benzene rings is 1. The lowest BCUT2D eigenvalue weighted by atomic mass is 10.2. The number of H-pyrrole nitrogens is 1. The summed E-state index contributed by atoms with van der Waals surface area (Å²) in [7, 11) is 0. The number of aromatic amines is 1. The maximum atomic E-state index is 4.76. The van der Waals surface area contributed by atoms with E-state index in [1.807, 2.05) is 12.1 Å². The Hall–Kier alpha value is -2.63. The van der Waals surface area contributed by atoms with Gasteiger partial charge in [-0.2, -0.15) is 0 Å². The molecule has 3 heterocycles. The van der Waals surface area contributed by atoms with E-state index >= 15 is 0 Å². The minimum atomic E-state index is 0.957. The Bertz CT molecular complexity index is 869. The number of anilines is 2. The Balaban J connectivity index is 1.38. The Morgan fingerprint density at radius 1 is 0.880 bits per heavy atom. The molecule has 1 N–H and O–H groups in total. The third-order valence-corrected chi connectivity index (χ3v) is 5.32. The van der Waals surface area contributed by atoms with Gasteiger partial charge in [-0.15, -0.1) is 0 Å². The highest BCUT2D eigenvalue weighted by atomic mass is 15.3. The van der Waals surface area contributed by atoms with Crippen LogP contribution in [-0.4, -0.2) is 46.1 Å². The molecular weight excluding hydrogens is 312 g/mol. The van der Waals surface area contributed by atoms with Crippen molar-refractivity contribution in [3.8, 4) is 0 Å². The van der Waals surface area contributed by atoms with Gasteiger partial charge in [-0.3, -0.25) is 0 Å². The Labute approximate surface area is 146 Å². The van der Waals surface area contributed by atoms with Crippen molar-refractivity contribution >= 4 is 22.8 Å². The van der Waals surface area contributed by atoms with Gasteiger partial charge in [0.1, 0.15) is 12.1 Å². The molecule has 0 amide bonds. The van der Waals surface area contributed by atoms with Gasteiger partial charge in [0.15, 0.2) is 0 Å². The lowest BCUT2D eigenvalue weighted by Gasteiger charge is -2.24. The molecule has 6 heteroatoms. The Morgan fingerprint density at radius 3 is 2.72 bits per heavy atom. The summed E-state index contributed by atoms with van der Waals surface area (Å²) in [6.07, 6.45) is 6.27. The van der Waals surface area contributed by atoms with E-state index in [0.29, 0.717) is 0 Å². The van der Waals surface area contributed by atoms with E-state index < -0.39 is 0 Å². The van der Waals surface area contributed by atoms with Crippen molar-refractivity contribution in [2.45, 2.75) is 25.7 Å². The molecule has 25 heavy (non-hydrogen) atoms. The zero-order chi connectivity index (χ0) is 16.6. The minimum absolute atomic E-state index is 0.957. The van der Waals surface area contributed by atoms with Crippen LogP contribution in [0, 0.1) is 0 Å². The molecule has 0 bridgehead atoms. The number of nitrogens with one attached hydrogen (secondary N) is 1. The number of hydrogen-bond donors (Lipinski definition) is 1. The van der Waals surface area contributed by atoms with E-state index in [0.717, 1.165) is 68.2 Å². The van der Waals surface area contributed by atoms with Crippen LogP contribution in [-0.2, 0) is 12.8 Å². The van der Waals surface area contributed by atoms with Gasteiger partial charge >= 0.3 is 0 Å². The molecule has 1 fully saturated rings. The average molecular weight is 334 g/mol. The van der Waals surface area contributed by atoms with Crippen LogP contribution in [0.2, 0.25) is 0 Å². The number of nitrogens with zero attached hydrogens (tertiary/aromatic N) is 5. The monoisotopic (exact) mass is 334 g/mol. The first-order valence-electron chi connectivity index (χ1n) is 9.16. The van der Waals surface area contributed by atoms with Crippen LogP contribution in [0.25, 0.3) is 11.0 Å². The van der Waals surface area contributed by atoms with Crippen molar-refractivity contribution in [2.24, 2.45) is 0 Å². The second-order valence-corrected chi connectivity index (χ2v) is 6.88. The van der Waals surface area contributed by atoms with Crippen molar-refractivity contribution in [2.75, 3.05) is 36.0 Å². The van der Waals surface area contributed by atoms with E-state index in [-0.39, 0.29) is 0 Å². The van der Waals surface area contributed by atoms with Gasteiger partial charge in [-0.25, -0.2) is 15.0 Å². The summed E-state index contributed by atoms with van der Waals surface area (Å²) in [5.74, 6) is 2.14. The summed E-state index contributed by atoms with van der Waals surface area (Å²) in [5, 5.41) is 0. The van der Waals surface area contributed by atoms with Crippen molar-refractivity contribution in [3.05, 3.63) is 41.9 Å². The molecule has 2 aliphatic rings. The van der Waals surface area contributed by atoms with Gasteiger partial charge < -0.3 is 14.8 Å². The summed E-state index contributed by atoms with van der Waals surface area (Å²) in [6, 6.07) is 8.22. The molecule has 5 rings (SSSR count). The van der Waals surface area contributed by atoms with Crippen LogP contribution in [0.15, 0.2) is 30.6 Å². The number of fused-ring (bicyclic) bond motifs is 2. The number of imidazole rings is 1. The molecule has 0 radical (unpaired) electrons. The predicted molar refractivity (Wildman–Crippen MR) is 99.2 cm³/mol. The molecule has 2 aromatic heterocycles. The average Bonchev–Trinajstić information content (AvgIpc) is 3.22. The topological polar surface area (TPSA) is 60.9 Å². The van der Waals surface area contributed by atoms with Gasteiger partial charge in [-0.1, -0.05) is 12.1 Å². The van der Waals surface area contributed by atoms with Gasteiger partial charge in [0.05, 0.1) is 11.0 Å². The second kappa shape index (κ2) is 6.02. The SMILES string of the molecule is c1ccc2[nH]c(N3CCCN(c4ncnc5c4CCC5)CC3)nc2c1. The zero-order valence-electron chi connectivity index (χ0n) is 14.3. The molecule has 128 valence electrons. The smallest absolute Gasteiger partial charge is 0.203 e. The highest BCUT2D eigenvalue weighted by Crippen LogP contribution is 2.28. The van der Waals surface area contributed by atoms with Crippen LogP contribution in [0.4, 0.5) is 11.8 Å². The van der Waals surface area contributed by atoms with Crippen LogP contribution in [0.3, 0.4) is 0 Å². The largest absolute Gasteiger partial charge is 0.354 e. The van der Waals surface area contributed by atoms with Crippen LogP contribution >= 0.6 is 0 Å². The van der Waals surface area contributed by atoms with Gasteiger partial charge in [0.2, 0.25) is 5.95 Å². The second-order valence-electron chi connectivity index (χ2n) is 6.88. The quantitative estimate of drug-likeness (QED) is 0.780. The lowest BCUT2D eigenvalue weighted by molar-refractivity contribution is 0.785. The van der Waals surface area contributed by atoms with Crippen LogP contribution in [0.5, 0.6) is 0 Å². The molecule has 0 saturated carbocycles. The van der Waals surface area contributed by atoms with Gasteiger partial charge in [-0.05, 0) is 37.8 Å². The molecule has 1 aliphatic carbocycles. The van der Waals surface area contributed by atoms with Crippen molar-refractivity contribution in [1.29, 1.82) is 0 Å². The van der Waals surface area contributed by atoms with E-state index in [2.05, 4.69) is 36.9 Å². The molecular formula is C19H22N6. The normalized spacial score (nSPS) is 17.8. The Kier molecular flexibility index (Phi) is 3.54. The molecule has 0 atom stereocenters. The molecule has 0 unspecified atom stereocenters. The maximum Gasteiger partial charge on any atom is 0.203 e. The summed E-state index contributed by atoms with van der Waals surface area (Å²) in [5.41, 5.74) is 4.77. The third kappa shape index (κ3) is 2.62. The molecule has 1 aromatic carbocycles.